The van der Waals surface area contributed by atoms with Crippen LogP contribution in [0, 0.1) is 6.92 Å². The number of anilines is 2. The summed E-state index contributed by atoms with van der Waals surface area (Å²) >= 11 is 1.15. The molecule has 0 radical (unpaired) electrons. The second-order valence-electron chi connectivity index (χ2n) is 7.23. The summed E-state index contributed by atoms with van der Waals surface area (Å²) < 4.78 is 11.0. The Hall–Kier alpha value is -3.07. The van der Waals surface area contributed by atoms with Crippen LogP contribution in [0.15, 0.2) is 50.7 Å². The van der Waals surface area contributed by atoms with Crippen LogP contribution in [0.3, 0.4) is 0 Å². The molecule has 8 nitrogen and oxygen atoms in total. The zero-order valence-corrected chi connectivity index (χ0v) is 17.2. The standard InChI is InChI=1S/C20H20N4O4S/c1-11-13(9-10-27-11)16-22-23-19(28-16)29-12(2)17(25)24-15-8-6-5-7-14(15)21-18(26)20(24,3)4/h5-10,12H,1-4H3,(H,21,26)/t12-/m0/s1. The molecule has 2 amide bonds. The molecule has 3 aromatic rings. The van der Waals surface area contributed by atoms with Crippen molar-refractivity contribution in [3.8, 4) is 11.5 Å². The highest BCUT2D eigenvalue weighted by atomic mass is 32.2. The van der Waals surface area contributed by atoms with Crippen molar-refractivity contribution in [3.05, 3.63) is 42.4 Å². The van der Waals surface area contributed by atoms with E-state index in [-0.39, 0.29) is 17.0 Å². The average molecular weight is 412 g/mol. The minimum Gasteiger partial charge on any atom is -0.469 e. The number of hydrogen-bond acceptors (Lipinski definition) is 7. The highest BCUT2D eigenvalue weighted by Crippen LogP contribution is 2.39. The molecule has 29 heavy (non-hydrogen) atoms. The monoisotopic (exact) mass is 412 g/mol. The molecule has 0 fully saturated rings. The second kappa shape index (κ2) is 7.07. The third kappa shape index (κ3) is 3.31. The fraction of sp³-hybridized carbons (Fsp3) is 0.300. The molecule has 1 atom stereocenters. The van der Waals surface area contributed by atoms with E-state index in [9.17, 15) is 9.59 Å². The molecule has 150 valence electrons. The van der Waals surface area contributed by atoms with Crippen LogP contribution in [0.5, 0.6) is 0 Å². The summed E-state index contributed by atoms with van der Waals surface area (Å²) in [6.07, 6.45) is 1.55. The van der Waals surface area contributed by atoms with Gasteiger partial charge in [-0.1, -0.05) is 23.9 Å². The lowest BCUT2D eigenvalue weighted by Gasteiger charge is -2.42. The molecule has 2 aromatic heterocycles. The van der Waals surface area contributed by atoms with E-state index in [1.807, 2.05) is 18.2 Å². The number of nitrogens with zero attached hydrogens (tertiary/aromatic N) is 3. The number of hydrogen-bond donors (Lipinski definition) is 1. The smallest absolute Gasteiger partial charge is 0.277 e. The highest BCUT2D eigenvalue weighted by molar-refractivity contribution is 8.00. The number of carbonyl (C=O) groups excluding carboxylic acids is 2. The van der Waals surface area contributed by atoms with E-state index < -0.39 is 10.8 Å². The number of thioether (sulfide) groups is 1. The Labute approximate surface area is 171 Å². The van der Waals surface area contributed by atoms with Gasteiger partial charge in [-0.2, -0.15) is 0 Å². The number of para-hydroxylation sites is 2. The molecule has 1 aliphatic rings. The molecular weight excluding hydrogens is 392 g/mol. The molecule has 0 bridgehead atoms. The number of rotatable bonds is 4. The summed E-state index contributed by atoms with van der Waals surface area (Å²) in [5, 5.41) is 10.6. The van der Waals surface area contributed by atoms with Crippen LogP contribution in [-0.2, 0) is 9.59 Å². The number of carbonyl (C=O) groups is 2. The van der Waals surface area contributed by atoms with Gasteiger partial charge in [-0.05, 0) is 45.9 Å². The summed E-state index contributed by atoms with van der Waals surface area (Å²) in [5.41, 5.74) is 0.951. The largest absolute Gasteiger partial charge is 0.469 e. The van der Waals surface area contributed by atoms with Gasteiger partial charge >= 0.3 is 0 Å². The molecule has 1 N–H and O–H groups in total. The van der Waals surface area contributed by atoms with E-state index in [0.717, 1.165) is 11.8 Å². The number of benzene rings is 1. The van der Waals surface area contributed by atoms with Gasteiger partial charge in [-0.3, -0.25) is 14.5 Å². The van der Waals surface area contributed by atoms with Crippen LogP contribution < -0.4 is 10.2 Å². The highest BCUT2D eigenvalue weighted by Gasteiger charge is 2.45. The van der Waals surface area contributed by atoms with Gasteiger partial charge in [0.1, 0.15) is 11.3 Å². The van der Waals surface area contributed by atoms with E-state index in [4.69, 9.17) is 8.83 Å². The first-order valence-electron chi connectivity index (χ1n) is 9.08. The van der Waals surface area contributed by atoms with E-state index >= 15 is 0 Å². The van der Waals surface area contributed by atoms with Gasteiger partial charge in [0.25, 0.3) is 11.1 Å². The van der Waals surface area contributed by atoms with Crippen molar-refractivity contribution in [2.75, 3.05) is 10.2 Å². The minimum atomic E-state index is -1.03. The molecule has 0 spiro atoms. The third-order valence-electron chi connectivity index (χ3n) is 4.85. The zero-order chi connectivity index (χ0) is 20.8. The number of amides is 2. The molecule has 9 heteroatoms. The maximum absolute atomic E-state index is 13.3. The maximum atomic E-state index is 13.3. The van der Waals surface area contributed by atoms with Crippen LogP contribution in [0.2, 0.25) is 0 Å². The Kier molecular flexibility index (Phi) is 4.70. The lowest BCUT2D eigenvalue weighted by atomic mass is 9.96. The Morgan fingerprint density at radius 3 is 2.72 bits per heavy atom. The van der Waals surface area contributed by atoms with Gasteiger partial charge in [0.2, 0.25) is 11.8 Å². The van der Waals surface area contributed by atoms with E-state index in [2.05, 4.69) is 15.5 Å². The molecule has 1 aromatic carbocycles. The van der Waals surface area contributed by atoms with Crippen molar-refractivity contribution in [1.82, 2.24) is 10.2 Å². The van der Waals surface area contributed by atoms with Crippen LogP contribution >= 0.6 is 11.8 Å². The van der Waals surface area contributed by atoms with Crippen molar-refractivity contribution >= 4 is 35.0 Å². The summed E-state index contributed by atoms with van der Waals surface area (Å²) in [4.78, 5) is 27.5. The third-order valence-corrected chi connectivity index (χ3v) is 5.77. The molecule has 3 heterocycles. The first-order chi connectivity index (χ1) is 13.8. The summed E-state index contributed by atoms with van der Waals surface area (Å²) in [6.45, 7) is 7.00. The molecule has 4 rings (SSSR count). The first kappa shape index (κ1) is 19.3. The topological polar surface area (TPSA) is 101 Å². The summed E-state index contributed by atoms with van der Waals surface area (Å²) in [6, 6.07) is 8.99. The zero-order valence-electron chi connectivity index (χ0n) is 16.4. The van der Waals surface area contributed by atoms with Crippen LogP contribution in [0.1, 0.15) is 26.5 Å². The first-order valence-corrected chi connectivity index (χ1v) is 9.96. The van der Waals surface area contributed by atoms with Crippen molar-refractivity contribution in [2.45, 2.75) is 43.7 Å². The van der Waals surface area contributed by atoms with E-state index in [1.165, 1.54) is 4.90 Å². The van der Waals surface area contributed by atoms with Gasteiger partial charge in [0, 0.05) is 0 Å². The van der Waals surface area contributed by atoms with Gasteiger partial charge in [-0.25, -0.2) is 0 Å². The van der Waals surface area contributed by atoms with Crippen molar-refractivity contribution in [2.24, 2.45) is 0 Å². The molecule has 0 aliphatic carbocycles. The predicted molar refractivity (Wildman–Crippen MR) is 109 cm³/mol. The lowest BCUT2D eigenvalue weighted by molar-refractivity contribution is -0.126. The predicted octanol–water partition coefficient (Wildman–Crippen LogP) is 3.88. The second-order valence-corrected chi connectivity index (χ2v) is 8.52. The van der Waals surface area contributed by atoms with Gasteiger partial charge in [0.05, 0.1) is 28.5 Å². The number of fused-ring (bicyclic) bond motifs is 1. The summed E-state index contributed by atoms with van der Waals surface area (Å²) in [7, 11) is 0. The van der Waals surface area contributed by atoms with Crippen LogP contribution in [-0.4, -0.2) is 32.8 Å². The van der Waals surface area contributed by atoms with Crippen molar-refractivity contribution in [1.29, 1.82) is 0 Å². The van der Waals surface area contributed by atoms with Crippen molar-refractivity contribution in [3.63, 3.8) is 0 Å². The number of nitrogens with one attached hydrogen (secondary N) is 1. The fourth-order valence-corrected chi connectivity index (χ4v) is 3.93. The van der Waals surface area contributed by atoms with Gasteiger partial charge in [0.15, 0.2) is 0 Å². The Morgan fingerprint density at radius 1 is 1.24 bits per heavy atom. The lowest BCUT2D eigenvalue weighted by Crippen LogP contribution is -2.60. The molecular formula is C20H20N4O4S. The normalized spacial score (nSPS) is 16.3. The Bertz CT molecular complexity index is 1090. The van der Waals surface area contributed by atoms with E-state index in [0.29, 0.717) is 28.6 Å². The minimum absolute atomic E-state index is 0.221. The molecule has 1 aliphatic heterocycles. The number of aromatic nitrogens is 2. The van der Waals surface area contributed by atoms with E-state index in [1.54, 1.807) is 46.1 Å². The van der Waals surface area contributed by atoms with Crippen LogP contribution in [0.25, 0.3) is 11.5 Å². The molecule has 0 saturated heterocycles. The fourth-order valence-electron chi connectivity index (χ4n) is 3.20. The number of furan rings is 1. The number of aryl methyl sites for hydroxylation is 1. The van der Waals surface area contributed by atoms with Crippen molar-refractivity contribution < 1.29 is 18.4 Å². The Balaban J connectivity index is 1.59. The maximum Gasteiger partial charge on any atom is 0.277 e. The Morgan fingerprint density at radius 2 is 2.00 bits per heavy atom. The SMILES string of the molecule is Cc1occc1-c1nnc(S[C@@H](C)C(=O)N2c3ccccc3NC(=O)C2(C)C)o1. The summed E-state index contributed by atoms with van der Waals surface area (Å²) in [5.74, 6) is 0.548. The molecule has 0 unspecified atom stereocenters. The van der Waals surface area contributed by atoms with Crippen LogP contribution in [0.4, 0.5) is 11.4 Å². The van der Waals surface area contributed by atoms with Gasteiger partial charge in [-0.15, -0.1) is 10.2 Å². The molecule has 0 saturated carbocycles. The average Bonchev–Trinajstić information content (AvgIpc) is 3.30. The van der Waals surface area contributed by atoms with Gasteiger partial charge < -0.3 is 14.2 Å². The quantitative estimate of drug-likeness (QED) is 0.649.